The number of urea groups is 1. The van der Waals surface area contributed by atoms with E-state index < -0.39 is 27.3 Å². The molecule has 0 radical (unpaired) electrons. The Labute approximate surface area is 169 Å². The lowest BCUT2D eigenvalue weighted by atomic mass is 9.92. The lowest BCUT2D eigenvalue weighted by Crippen LogP contribution is -2.50. The summed E-state index contributed by atoms with van der Waals surface area (Å²) in [6, 6.07) is 5.11. The number of morpholine rings is 1. The molecule has 2 aliphatic rings. The third-order valence-corrected chi connectivity index (χ3v) is 6.50. The first-order valence-corrected chi connectivity index (χ1v) is 11.3. The van der Waals surface area contributed by atoms with Crippen LogP contribution in [0.3, 0.4) is 0 Å². The van der Waals surface area contributed by atoms with Gasteiger partial charge in [-0.3, -0.25) is 14.5 Å². The molecule has 1 aromatic carbocycles. The van der Waals surface area contributed by atoms with E-state index in [-0.39, 0.29) is 23.5 Å². The smallest absolute Gasteiger partial charge is 0.325 e. The van der Waals surface area contributed by atoms with Crippen molar-refractivity contribution < 1.29 is 27.5 Å². The SMILES string of the molecule is CCC1CN(C(=O)CN2C(=O)NC(C)(c3ccc(S(C)(=O)=O)cc3)C2=O)CCO1. The van der Waals surface area contributed by atoms with E-state index in [1.165, 1.54) is 31.2 Å². The van der Waals surface area contributed by atoms with Gasteiger partial charge in [0.05, 0.1) is 17.6 Å². The van der Waals surface area contributed by atoms with Gasteiger partial charge in [-0.15, -0.1) is 0 Å². The Hall–Kier alpha value is -2.46. The average Bonchev–Trinajstić information content (AvgIpc) is 2.91. The molecule has 0 saturated carbocycles. The molecule has 2 unspecified atom stereocenters. The zero-order valence-corrected chi connectivity index (χ0v) is 17.5. The molecule has 0 aliphatic carbocycles. The Kier molecular flexibility index (Phi) is 5.68. The summed E-state index contributed by atoms with van der Waals surface area (Å²) >= 11 is 0. The third-order valence-electron chi connectivity index (χ3n) is 5.37. The molecule has 2 heterocycles. The fourth-order valence-corrected chi connectivity index (χ4v) is 4.13. The monoisotopic (exact) mass is 423 g/mol. The molecule has 10 heteroatoms. The number of hydrogen-bond donors (Lipinski definition) is 1. The van der Waals surface area contributed by atoms with E-state index in [0.29, 0.717) is 25.3 Å². The molecular formula is C19H25N3O6S. The van der Waals surface area contributed by atoms with Crippen LogP contribution in [0.5, 0.6) is 0 Å². The molecular weight excluding hydrogens is 398 g/mol. The number of carbonyl (C=O) groups is 3. The van der Waals surface area contributed by atoms with Crippen molar-refractivity contribution in [3.05, 3.63) is 29.8 Å². The Morgan fingerprint density at radius 2 is 1.93 bits per heavy atom. The van der Waals surface area contributed by atoms with Gasteiger partial charge in [-0.05, 0) is 31.0 Å². The van der Waals surface area contributed by atoms with Crippen molar-refractivity contribution in [1.82, 2.24) is 15.1 Å². The molecule has 2 aliphatic heterocycles. The quantitative estimate of drug-likeness (QED) is 0.690. The molecule has 0 bridgehead atoms. The minimum Gasteiger partial charge on any atom is -0.375 e. The van der Waals surface area contributed by atoms with Gasteiger partial charge in [0.1, 0.15) is 12.1 Å². The number of ether oxygens (including phenoxy) is 1. The van der Waals surface area contributed by atoms with Crippen LogP contribution in [0.2, 0.25) is 0 Å². The van der Waals surface area contributed by atoms with Crippen LogP contribution in [0.15, 0.2) is 29.2 Å². The van der Waals surface area contributed by atoms with E-state index in [1.807, 2.05) is 6.92 Å². The molecule has 9 nitrogen and oxygen atoms in total. The van der Waals surface area contributed by atoms with Crippen LogP contribution < -0.4 is 5.32 Å². The maximum Gasteiger partial charge on any atom is 0.325 e. The molecule has 1 aromatic rings. The second-order valence-corrected chi connectivity index (χ2v) is 9.50. The Bertz CT molecular complexity index is 930. The molecule has 1 N–H and O–H groups in total. The van der Waals surface area contributed by atoms with E-state index in [0.717, 1.165) is 17.6 Å². The van der Waals surface area contributed by atoms with Gasteiger partial charge in [0.25, 0.3) is 5.91 Å². The zero-order chi connectivity index (χ0) is 21.4. The summed E-state index contributed by atoms with van der Waals surface area (Å²) in [6.07, 6.45) is 1.82. The number of rotatable bonds is 5. The number of hydrogen-bond acceptors (Lipinski definition) is 6. The highest BCUT2D eigenvalue weighted by Crippen LogP contribution is 2.29. The highest BCUT2D eigenvalue weighted by Gasteiger charge is 2.49. The third kappa shape index (κ3) is 4.13. The lowest BCUT2D eigenvalue weighted by molar-refractivity contribution is -0.143. The van der Waals surface area contributed by atoms with Gasteiger partial charge in [0, 0.05) is 19.3 Å². The van der Waals surface area contributed by atoms with Crippen molar-refractivity contribution in [2.75, 3.05) is 32.5 Å². The number of nitrogens with zero attached hydrogens (tertiary/aromatic N) is 2. The van der Waals surface area contributed by atoms with Crippen LogP contribution in [0.4, 0.5) is 4.79 Å². The second kappa shape index (κ2) is 7.75. The lowest BCUT2D eigenvalue weighted by Gasteiger charge is -2.33. The molecule has 29 heavy (non-hydrogen) atoms. The molecule has 0 aromatic heterocycles. The molecule has 158 valence electrons. The van der Waals surface area contributed by atoms with E-state index in [1.54, 1.807) is 4.90 Å². The summed E-state index contributed by atoms with van der Waals surface area (Å²) in [4.78, 5) is 40.7. The minimum atomic E-state index is -3.38. The first kappa shape index (κ1) is 21.3. The summed E-state index contributed by atoms with van der Waals surface area (Å²) in [6.45, 7) is 4.44. The van der Waals surface area contributed by atoms with Crippen molar-refractivity contribution >= 4 is 27.7 Å². The first-order chi connectivity index (χ1) is 13.6. The summed E-state index contributed by atoms with van der Waals surface area (Å²) < 4.78 is 28.8. The fourth-order valence-electron chi connectivity index (χ4n) is 3.50. The Morgan fingerprint density at radius 1 is 1.28 bits per heavy atom. The standard InChI is InChI=1S/C19H25N3O6S/c1-4-14-11-21(9-10-28-14)16(23)12-22-17(24)19(2,20-18(22)25)13-5-7-15(8-6-13)29(3,26)27/h5-8,14H,4,9-12H2,1-3H3,(H,20,25). The van der Waals surface area contributed by atoms with Crippen LogP contribution in [0.25, 0.3) is 0 Å². The van der Waals surface area contributed by atoms with Gasteiger partial charge in [-0.25, -0.2) is 13.2 Å². The second-order valence-electron chi connectivity index (χ2n) is 7.48. The Morgan fingerprint density at radius 3 is 2.52 bits per heavy atom. The van der Waals surface area contributed by atoms with Crippen molar-refractivity contribution in [3.8, 4) is 0 Å². The minimum absolute atomic E-state index is 0.0468. The van der Waals surface area contributed by atoms with Crippen LogP contribution >= 0.6 is 0 Å². The normalized spacial score (nSPS) is 25.3. The average molecular weight is 423 g/mol. The predicted molar refractivity (Wildman–Crippen MR) is 104 cm³/mol. The Balaban J connectivity index is 1.76. The van der Waals surface area contributed by atoms with Gasteiger partial charge in [0.2, 0.25) is 5.91 Å². The van der Waals surface area contributed by atoms with Crippen molar-refractivity contribution in [3.63, 3.8) is 0 Å². The topological polar surface area (TPSA) is 113 Å². The molecule has 3 rings (SSSR count). The number of imide groups is 1. The van der Waals surface area contributed by atoms with Crippen LogP contribution in [0, 0.1) is 0 Å². The molecule has 2 fully saturated rings. The molecule has 2 atom stereocenters. The number of sulfone groups is 1. The summed E-state index contributed by atoms with van der Waals surface area (Å²) in [5.41, 5.74) is -0.930. The van der Waals surface area contributed by atoms with E-state index in [4.69, 9.17) is 4.74 Å². The maximum absolute atomic E-state index is 13.0. The van der Waals surface area contributed by atoms with Crippen molar-refractivity contribution in [2.45, 2.75) is 36.8 Å². The molecule has 4 amide bonds. The number of carbonyl (C=O) groups excluding carboxylic acids is 3. The fraction of sp³-hybridized carbons (Fsp3) is 0.526. The van der Waals surface area contributed by atoms with Crippen LogP contribution in [-0.4, -0.2) is 74.7 Å². The van der Waals surface area contributed by atoms with Crippen LogP contribution in [-0.2, 0) is 29.7 Å². The van der Waals surface area contributed by atoms with Crippen molar-refractivity contribution in [2.24, 2.45) is 0 Å². The highest BCUT2D eigenvalue weighted by atomic mass is 32.2. The summed E-state index contributed by atoms with van der Waals surface area (Å²) in [5, 5.41) is 2.63. The number of amides is 4. The van der Waals surface area contributed by atoms with Gasteiger partial charge in [-0.2, -0.15) is 0 Å². The molecule has 2 saturated heterocycles. The molecule has 0 spiro atoms. The highest BCUT2D eigenvalue weighted by molar-refractivity contribution is 7.90. The van der Waals surface area contributed by atoms with E-state index >= 15 is 0 Å². The van der Waals surface area contributed by atoms with Gasteiger partial charge in [0.15, 0.2) is 9.84 Å². The number of nitrogens with one attached hydrogen (secondary N) is 1. The predicted octanol–water partition coefficient (Wildman–Crippen LogP) is 0.495. The van der Waals surface area contributed by atoms with Crippen LogP contribution in [0.1, 0.15) is 25.8 Å². The summed E-state index contributed by atoms with van der Waals surface area (Å²) in [5.74, 6) is -0.866. The number of benzene rings is 1. The van der Waals surface area contributed by atoms with Gasteiger partial charge >= 0.3 is 6.03 Å². The zero-order valence-electron chi connectivity index (χ0n) is 16.7. The van der Waals surface area contributed by atoms with E-state index in [9.17, 15) is 22.8 Å². The van der Waals surface area contributed by atoms with Crippen molar-refractivity contribution in [1.29, 1.82) is 0 Å². The largest absolute Gasteiger partial charge is 0.375 e. The maximum atomic E-state index is 13.0. The summed E-state index contributed by atoms with van der Waals surface area (Å²) in [7, 11) is -3.38. The van der Waals surface area contributed by atoms with Gasteiger partial charge in [-0.1, -0.05) is 19.1 Å². The van der Waals surface area contributed by atoms with Gasteiger partial charge < -0.3 is 15.0 Å². The first-order valence-electron chi connectivity index (χ1n) is 9.40. The van der Waals surface area contributed by atoms with E-state index in [2.05, 4.69) is 5.32 Å².